The third-order valence-electron chi connectivity index (χ3n) is 5.05. The van der Waals surface area contributed by atoms with Crippen LogP contribution in [0.1, 0.15) is 82.8 Å². The van der Waals surface area contributed by atoms with Crippen molar-refractivity contribution in [2.75, 3.05) is 7.05 Å². The van der Waals surface area contributed by atoms with Gasteiger partial charge in [-0.3, -0.25) is 0 Å². The summed E-state index contributed by atoms with van der Waals surface area (Å²) in [6.45, 7) is 6.64. The molecule has 1 fully saturated rings. The van der Waals surface area contributed by atoms with Crippen molar-refractivity contribution in [1.82, 2.24) is 15.5 Å². The Morgan fingerprint density at radius 3 is 2.50 bits per heavy atom. The van der Waals surface area contributed by atoms with Crippen LogP contribution in [-0.4, -0.2) is 23.2 Å². The zero-order valence-electron chi connectivity index (χ0n) is 13.4. The second-order valence-electron chi connectivity index (χ2n) is 6.21. The number of nitrogens with one attached hydrogen (secondary N) is 1. The summed E-state index contributed by atoms with van der Waals surface area (Å²) in [7, 11) is 1.99. The molecular weight excluding hydrogens is 250 g/mol. The number of aromatic nitrogens is 2. The fourth-order valence-corrected chi connectivity index (χ4v) is 3.41. The molecule has 1 N–H and O–H groups in total. The third-order valence-corrected chi connectivity index (χ3v) is 5.05. The quantitative estimate of drug-likeness (QED) is 0.859. The Labute approximate surface area is 122 Å². The normalized spacial score (nSPS) is 26.4. The molecule has 20 heavy (non-hydrogen) atoms. The van der Waals surface area contributed by atoms with E-state index in [1.165, 1.54) is 32.1 Å². The first-order valence-electron chi connectivity index (χ1n) is 8.20. The molecule has 1 aliphatic carbocycles. The van der Waals surface area contributed by atoms with Gasteiger partial charge in [-0.15, -0.1) is 0 Å². The standard InChI is InChI=1S/C16H29N3O/c1-5-12-7-9-13(10-8-12)15-18-16(20-19-15)11(3)14(6-2)17-4/h11-14,17H,5-10H2,1-4H3. The summed E-state index contributed by atoms with van der Waals surface area (Å²) in [5, 5.41) is 7.57. The fraction of sp³-hybridized carbons (Fsp3) is 0.875. The van der Waals surface area contributed by atoms with E-state index in [9.17, 15) is 0 Å². The van der Waals surface area contributed by atoms with Crippen molar-refractivity contribution in [1.29, 1.82) is 0 Å². The molecule has 4 heteroatoms. The number of hydrogen-bond acceptors (Lipinski definition) is 4. The van der Waals surface area contributed by atoms with Crippen molar-refractivity contribution >= 4 is 0 Å². The summed E-state index contributed by atoms with van der Waals surface area (Å²) >= 11 is 0. The number of rotatable bonds is 6. The van der Waals surface area contributed by atoms with E-state index in [-0.39, 0.29) is 5.92 Å². The van der Waals surface area contributed by atoms with E-state index < -0.39 is 0 Å². The van der Waals surface area contributed by atoms with Crippen LogP contribution in [0.3, 0.4) is 0 Å². The summed E-state index contributed by atoms with van der Waals surface area (Å²) < 4.78 is 5.52. The molecule has 0 spiro atoms. The first-order valence-corrected chi connectivity index (χ1v) is 8.20. The van der Waals surface area contributed by atoms with Gasteiger partial charge in [-0.05, 0) is 45.1 Å². The van der Waals surface area contributed by atoms with Crippen molar-refractivity contribution in [3.8, 4) is 0 Å². The summed E-state index contributed by atoms with van der Waals surface area (Å²) in [6, 6.07) is 0.402. The van der Waals surface area contributed by atoms with E-state index in [2.05, 4.69) is 36.2 Å². The van der Waals surface area contributed by atoms with Crippen molar-refractivity contribution < 1.29 is 4.52 Å². The fourth-order valence-electron chi connectivity index (χ4n) is 3.41. The topological polar surface area (TPSA) is 51.0 Å². The van der Waals surface area contributed by atoms with Gasteiger partial charge in [-0.1, -0.05) is 32.3 Å². The first kappa shape index (κ1) is 15.5. The van der Waals surface area contributed by atoms with Crippen molar-refractivity contribution in [2.45, 2.75) is 77.2 Å². The number of nitrogens with zero attached hydrogens (tertiary/aromatic N) is 2. The van der Waals surface area contributed by atoms with Gasteiger partial charge in [0.2, 0.25) is 5.89 Å². The highest BCUT2D eigenvalue weighted by atomic mass is 16.5. The lowest BCUT2D eigenvalue weighted by atomic mass is 9.80. The minimum atomic E-state index is 0.276. The highest BCUT2D eigenvalue weighted by molar-refractivity contribution is 5.02. The van der Waals surface area contributed by atoms with Crippen LogP contribution < -0.4 is 5.32 Å². The minimum absolute atomic E-state index is 0.276. The summed E-state index contributed by atoms with van der Waals surface area (Å²) in [5.41, 5.74) is 0. The number of hydrogen-bond donors (Lipinski definition) is 1. The van der Waals surface area contributed by atoms with Crippen LogP contribution in [0.4, 0.5) is 0 Å². The van der Waals surface area contributed by atoms with Gasteiger partial charge in [0.15, 0.2) is 5.82 Å². The Hall–Kier alpha value is -0.900. The lowest BCUT2D eigenvalue weighted by Gasteiger charge is -2.25. The summed E-state index contributed by atoms with van der Waals surface area (Å²) in [4.78, 5) is 4.68. The van der Waals surface area contributed by atoms with Gasteiger partial charge < -0.3 is 9.84 Å². The Morgan fingerprint density at radius 2 is 1.95 bits per heavy atom. The maximum absolute atomic E-state index is 5.52. The van der Waals surface area contributed by atoms with Gasteiger partial charge in [-0.2, -0.15) is 4.98 Å². The zero-order valence-corrected chi connectivity index (χ0v) is 13.4. The van der Waals surface area contributed by atoms with Crippen LogP contribution in [0, 0.1) is 5.92 Å². The van der Waals surface area contributed by atoms with E-state index in [4.69, 9.17) is 4.52 Å². The second-order valence-corrected chi connectivity index (χ2v) is 6.21. The van der Waals surface area contributed by atoms with Gasteiger partial charge in [0.05, 0.1) is 5.92 Å². The molecule has 2 atom stereocenters. The van der Waals surface area contributed by atoms with Crippen LogP contribution >= 0.6 is 0 Å². The highest BCUT2D eigenvalue weighted by Gasteiger charge is 2.27. The van der Waals surface area contributed by atoms with Crippen LogP contribution in [0.2, 0.25) is 0 Å². The van der Waals surface area contributed by atoms with E-state index in [1.54, 1.807) is 0 Å². The molecule has 1 heterocycles. The first-order chi connectivity index (χ1) is 9.69. The Kier molecular flexibility index (Phi) is 5.58. The van der Waals surface area contributed by atoms with Crippen molar-refractivity contribution in [3.05, 3.63) is 11.7 Å². The van der Waals surface area contributed by atoms with Crippen LogP contribution in [0.5, 0.6) is 0 Å². The second kappa shape index (κ2) is 7.21. The average molecular weight is 279 g/mol. The van der Waals surface area contributed by atoms with E-state index in [1.807, 2.05) is 7.05 Å². The van der Waals surface area contributed by atoms with Crippen molar-refractivity contribution in [2.24, 2.45) is 5.92 Å². The molecule has 2 unspecified atom stereocenters. The largest absolute Gasteiger partial charge is 0.339 e. The van der Waals surface area contributed by atoms with E-state index in [0.29, 0.717) is 12.0 Å². The molecule has 0 aromatic carbocycles. The van der Waals surface area contributed by atoms with Gasteiger partial charge in [0.1, 0.15) is 0 Å². The van der Waals surface area contributed by atoms with E-state index in [0.717, 1.165) is 24.1 Å². The predicted molar refractivity (Wildman–Crippen MR) is 80.8 cm³/mol. The molecule has 0 aliphatic heterocycles. The molecule has 0 radical (unpaired) electrons. The molecule has 0 amide bonds. The lowest BCUT2D eigenvalue weighted by molar-refractivity contribution is 0.297. The molecule has 0 bridgehead atoms. The lowest BCUT2D eigenvalue weighted by Crippen LogP contribution is -2.30. The van der Waals surface area contributed by atoms with Gasteiger partial charge in [-0.25, -0.2) is 0 Å². The summed E-state index contributed by atoms with van der Waals surface area (Å²) in [6.07, 6.45) is 7.44. The van der Waals surface area contributed by atoms with E-state index >= 15 is 0 Å². The summed E-state index contributed by atoms with van der Waals surface area (Å²) in [5.74, 6) is 3.42. The molecular formula is C16H29N3O. The molecule has 1 aliphatic rings. The Balaban J connectivity index is 1.98. The SMILES string of the molecule is CCC1CCC(c2noc(C(C)C(CC)NC)n2)CC1. The predicted octanol–water partition coefficient (Wildman–Crippen LogP) is 3.85. The maximum Gasteiger partial charge on any atom is 0.231 e. The Morgan fingerprint density at radius 1 is 1.25 bits per heavy atom. The maximum atomic E-state index is 5.52. The molecule has 1 aromatic heterocycles. The minimum Gasteiger partial charge on any atom is -0.339 e. The van der Waals surface area contributed by atoms with Crippen LogP contribution in [-0.2, 0) is 0 Å². The van der Waals surface area contributed by atoms with Gasteiger partial charge >= 0.3 is 0 Å². The number of likely N-dealkylation sites (N-methyl/N-ethyl adjacent to an activating group) is 1. The van der Waals surface area contributed by atoms with Crippen LogP contribution in [0.25, 0.3) is 0 Å². The molecule has 1 aromatic rings. The van der Waals surface area contributed by atoms with Crippen LogP contribution in [0.15, 0.2) is 4.52 Å². The third kappa shape index (κ3) is 3.40. The zero-order chi connectivity index (χ0) is 14.5. The molecule has 1 saturated carbocycles. The average Bonchev–Trinajstić information content (AvgIpc) is 2.98. The highest BCUT2D eigenvalue weighted by Crippen LogP contribution is 2.36. The molecule has 4 nitrogen and oxygen atoms in total. The smallest absolute Gasteiger partial charge is 0.231 e. The molecule has 2 rings (SSSR count). The molecule has 0 saturated heterocycles. The molecule has 114 valence electrons. The van der Waals surface area contributed by atoms with Gasteiger partial charge in [0.25, 0.3) is 0 Å². The Bertz CT molecular complexity index is 392. The van der Waals surface area contributed by atoms with Crippen molar-refractivity contribution in [3.63, 3.8) is 0 Å². The van der Waals surface area contributed by atoms with Gasteiger partial charge in [0, 0.05) is 12.0 Å². The monoisotopic (exact) mass is 279 g/mol.